The molecule has 0 bridgehead atoms. The summed E-state index contributed by atoms with van der Waals surface area (Å²) in [5, 5.41) is 13.0. The topological polar surface area (TPSA) is 75.0 Å². The zero-order valence-corrected chi connectivity index (χ0v) is 17.7. The number of nitriles is 1. The second-order valence-electron chi connectivity index (χ2n) is 7.01. The summed E-state index contributed by atoms with van der Waals surface area (Å²) in [7, 11) is 1.54. The Balaban J connectivity index is 1.73. The fraction of sp³-hybridized carbons (Fsp3) is 0.381. The molecule has 1 amide bonds. The van der Waals surface area contributed by atoms with Gasteiger partial charge in [0.1, 0.15) is 16.8 Å². The summed E-state index contributed by atoms with van der Waals surface area (Å²) < 4.78 is 5.12. The number of thioether (sulfide) groups is 1. The largest absolute Gasteiger partial charge is 0.495 e. The van der Waals surface area contributed by atoms with E-state index in [1.54, 1.807) is 25.1 Å². The molecule has 5 nitrogen and oxygen atoms in total. The Morgan fingerprint density at radius 3 is 2.93 bits per heavy atom. The number of nitrogens with zero attached hydrogens (tertiary/aromatic N) is 2. The molecule has 1 N–H and O–H groups in total. The van der Waals surface area contributed by atoms with Gasteiger partial charge in [0, 0.05) is 11.4 Å². The second kappa shape index (κ2) is 8.85. The summed E-state index contributed by atoms with van der Waals surface area (Å²) in [6.45, 7) is 4.02. The minimum atomic E-state index is -0.416. The third-order valence-electron chi connectivity index (χ3n) is 4.80. The van der Waals surface area contributed by atoms with Crippen LogP contribution in [-0.4, -0.2) is 23.3 Å². The van der Waals surface area contributed by atoms with E-state index in [9.17, 15) is 10.1 Å². The minimum absolute atomic E-state index is 0.178. The van der Waals surface area contributed by atoms with Crippen LogP contribution in [0.1, 0.15) is 37.1 Å². The maximum atomic E-state index is 12.6. The number of aryl methyl sites for hydroxylation is 1. The molecule has 0 saturated carbocycles. The van der Waals surface area contributed by atoms with E-state index in [2.05, 4.69) is 18.3 Å². The van der Waals surface area contributed by atoms with E-state index in [0.717, 1.165) is 30.5 Å². The Kier molecular flexibility index (Phi) is 6.48. The molecule has 0 aliphatic heterocycles. The van der Waals surface area contributed by atoms with Crippen molar-refractivity contribution < 1.29 is 9.53 Å². The number of aromatic nitrogens is 1. The third kappa shape index (κ3) is 4.60. The van der Waals surface area contributed by atoms with Crippen molar-refractivity contribution in [3.8, 4) is 11.8 Å². The number of amides is 1. The van der Waals surface area contributed by atoms with E-state index in [1.165, 1.54) is 18.9 Å². The first-order valence-corrected chi connectivity index (χ1v) is 10.4. The lowest BCUT2D eigenvalue weighted by Crippen LogP contribution is -2.23. The molecule has 0 fully saturated rings. The van der Waals surface area contributed by atoms with E-state index in [1.807, 2.05) is 6.07 Å². The molecule has 1 heterocycles. The van der Waals surface area contributed by atoms with Crippen LogP contribution in [0.4, 0.5) is 5.69 Å². The van der Waals surface area contributed by atoms with Gasteiger partial charge < -0.3 is 10.1 Å². The summed E-state index contributed by atoms with van der Waals surface area (Å²) in [5.74, 6) is 0.983. The summed E-state index contributed by atoms with van der Waals surface area (Å²) in [5.41, 5.74) is 3.33. The number of hydrogen-bond acceptors (Lipinski definition) is 5. The van der Waals surface area contributed by atoms with Gasteiger partial charge in [-0.25, -0.2) is 4.98 Å². The van der Waals surface area contributed by atoms with Crippen LogP contribution in [0, 0.1) is 17.2 Å². The Hall–Kier alpha value is -2.23. The van der Waals surface area contributed by atoms with Crippen LogP contribution in [0.5, 0.6) is 5.75 Å². The number of nitrogens with one attached hydrogen (secondary N) is 1. The van der Waals surface area contributed by atoms with Crippen LogP contribution in [-0.2, 0) is 17.6 Å². The number of fused-ring (bicyclic) bond motifs is 1. The number of rotatable bonds is 5. The summed E-state index contributed by atoms with van der Waals surface area (Å²) >= 11 is 7.42. The molecular formula is C21H22ClN3O2S. The van der Waals surface area contributed by atoms with Crippen molar-refractivity contribution in [2.75, 3.05) is 12.4 Å². The molecule has 28 heavy (non-hydrogen) atoms. The van der Waals surface area contributed by atoms with Crippen molar-refractivity contribution in [1.29, 1.82) is 5.26 Å². The Bertz CT molecular complexity index is 942. The van der Waals surface area contributed by atoms with Gasteiger partial charge in [-0.05, 0) is 61.9 Å². The smallest absolute Gasteiger partial charge is 0.237 e. The standard InChI is InChI=1S/C21H22ClN3O2S/c1-12-4-6-18-14(8-12)9-15(11-23)21(25-18)28-13(2)20(26)24-16-5-7-19(27-3)17(22)10-16/h5,7,9-10,12-13H,4,6,8H2,1-3H3,(H,24,26). The average Bonchev–Trinajstić information content (AvgIpc) is 2.67. The molecule has 7 heteroatoms. The molecule has 3 rings (SSSR count). The molecule has 1 aliphatic carbocycles. The minimum Gasteiger partial charge on any atom is -0.495 e. The number of pyridine rings is 1. The highest BCUT2D eigenvalue weighted by Gasteiger charge is 2.22. The van der Waals surface area contributed by atoms with Crippen LogP contribution in [0.15, 0.2) is 29.3 Å². The molecule has 1 aliphatic rings. The van der Waals surface area contributed by atoms with Crippen LogP contribution >= 0.6 is 23.4 Å². The van der Waals surface area contributed by atoms with E-state index >= 15 is 0 Å². The predicted octanol–water partition coefficient (Wildman–Crippen LogP) is 4.86. The SMILES string of the molecule is COc1ccc(NC(=O)C(C)Sc2nc3c(cc2C#N)CC(C)CC3)cc1Cl. The lowest BCUT2D eigenvalue weighted by atomic mass is 9.87. The van der Waals surface area contributed by atoms with Crippen LogP contribution in [0.2, 0.25) is 5.02 Å². The fourth-order valence-corrected chi connectivity index (χ4v) is 4.36. The highest BCUT2D eigenvalue weighted by molar-refractivity contribution is 8.00. The number of hydrogen-bond donors (Lipinski definition) is 1. The number of carbonyl (C=O) groups excluding carboxylic acids is 1. The highest BCUT2D eigenvalue weighted by Crippen LogP contribution is 2.32. The van der Waals surface area contributed by atoms with Gasteiger partial charge in [0.05, 0.1) is 22.9 Å². The first-order valence-electron chi connectivity index (χ1n) is 9.15. The van der Waals surface area contributed by atoms with Crippen LogP contribution in [0.3, 0.4) is 0 Å². The first kappa shape index (κ1) is 20.5. The molecule has 2 aromatic rings. The van der Waals surface area contributed by atoms with Gasteiger partial charge in [0.2, 0.25) is 5.91 Å². The van der Waals surface area contributed by atoms with Gasteiger partial charge in [-0.1, -0.05) is 30.3 Å². The van der Waals surface area contributed by atoms with E-state index in [4.69, 9.17) is 21.3 Å². The van der Waals surface area contributed by atoms with Crippen molar-refractivity contribution in [3.63, 3.8) is 0 Å². The second-order valence-corrected chi connectivity index (χ2v) is 8.74. The van der Waals surface area contributed by atoms with Crippen LogP contribution < -0.4 is 10.1 Å². The number of benzene rings is 1. The maximum Gasteiger partial charge on any atom is 0.237 e. The van der Waals surface area contributed by atoms with Crippen molar-refractivity contribution >= 4 is 35.0 Å². The quantitative estimate of drug-likeness (QED) is 0.706. The molecule has 1 aromatic heterocycles. The number of ether oxygens (including phenoxy) is 1. The van der Waals surface area contributed by atoms with E-state index in [-0.39, 0.29) is 5.91 Å². The van der Waals surface area contributed by atoms with Crippen molar-refractivity contribution in [3.05, 3.63) is 46.1 Å². The first-order chi connectivity index (χ1) is 13.4. The summed E-state index contributed by atoms with van der Waals surface area (Å²) in [6, 6.07) is 9.25. The van der Waals surface area contributed by atoms with Gasteiger partial charge in [0.25, 0.3) is 0 Å². The molecule has 2 unspecified atom stereocenters. The zero-order valence-electron chi connectivity index (χ0n) is 16.1. The molecule has 0 saturated heterocycles. The highest BCUT2D eigenvalue weighted by atomic mass is 35.5. The normalized spacial score (nSPS) is 16.6. The molecule has 0 spiro atoms. The van der Waals surface area contributed by atoms with Crippen molar-refractivity contribution in [2.24, 2.45) is 5.92 Å². The molecule has 2 atom stereocenters. The number of carbonyl (C=O) groups is 1. The summed E-state index contributed by atoms with van der Waals surface area (Å²) in [6.07, 6.45) is 2.97. The zero-order chi connectivity index (χ0) is 20.3. The van der Waals surface area contributed by atoms with Gasteiger partial charge in [-0.2, -0.15) is 5.26 Å². The lowest BCUT2D eigenvalue weighted by Gasteiger charge is -2.22. The summed E-state index contributed by atoms with van der Waals surface area (Å²) in [4.78, 5) is 17.3. The number of halogens is 1. The monoisotopic (exact) mass is 415 g/mol. The molecule has 146 valence electrons. The lowest BCUT2D eigenvalue weighted by molar-refractivity contribution is -0.115. The third-order valence-corrected chi connectivity index (χ3v) is 6.19. The number of anilines is 1. The number of methoxy groups -OCH3 is 1. The van der Waals surface area contributed by atoms with E-state index in [0.29, 0.717) is 33.0 Å². The van der Waals surface area contributed by atoms with Crippen molar-refractivity contribution in [2.45, 2.75) is 43.4 Å². The van der Waals surface area contributed by atoms with Gasteiger partial charge in [-0.15, -0.1) is 0 Å². The van der Waals surface area contributed by atoms with E-state index < -0.39 is 5.25 Å². The van der Waals surface area contributed by atoms with Gasteiger partial charge in [-0.3, -0.25) is 4.79 Å². The average molecular weight is 416 g/mol. The van der Waals surface area contributed by atoms with Crippen molar-refractivity contribution in [1.82, 2.24) is 4.98 Å². The maximum absolute atomic E-state index is 12.6. The molecule has 1 aromatic carbocycles. The van der Waals surface area contributed by atoms with Gasteiger partial charge >= 0.3 is 0 Å². The Morgan fingerprint density at radius 1 is 1.46 bits per heavy atom. The molecular weight excluding hydrogens is 394 g/mol. The van der Waals surface area contributed by atoms with Gasteiger partial charge in [0.15, 0.2) is 0 Å². The Morgan fingerprint density at radius 2 is 2.25 bits per heavy atom. The Labute approximate surface area is 174 Å². The predicted molar refractivity (Wildman–Crippen MR) is 112 cm³/mol. The fourth-order valence-electron chi connectivity index (χ4n) is 3.21. The van der Waals surface area contributed by atoms with Crippen LogP contribution in [0.25, 0.3) is 0 Å². The molecule has 0 radical (unpaired) electrons.